The first-order valence-corrected chi connectivity index (χ1v) is 8.38. The van der Waals surface area contributed by atoms with E-state index in [1.54, 1.807) is 0 Å². The Hall–Kier alpha value is -2.80. The fourth-order valence-electron chi connectivity index (χ4n) is 3.40. The number of anilines is 1. The highest BCUT2D eigenvalue weighted by Gasteiger charge is 2.39. The Morgan fingerprint density at radius 3 is 1.46 bits per heavy atom. The van der Waals surface area contributed by atoms with Gasteiger partial charge in [0.1, 0.15) is 0 Å². The van der Waals surface area contributed by atoms with Crippen molar-refractivity contribution in [1.82, 2.24) is 0 Å². The summed E-state index contributed by atoms with van der Waals surface area (Å²) >= 11 is 0. The molecule has 0 amide bonds. The number of benzene rings is 3. The van der Waals surface area contributed by atoms with Crippen LogP contribution in [0.25, 0.3) is 11.1 Å². The Balaban J connectivity index is 1.73. The van der Waals surface area contributed by atoms with E-state index in [0.717, 1.165) is 0 Å². The third-order valence-corrected chi connectivity index (χ3v) is 4.70. The van der Waals surface area contributed by atoms with Crippen LogP contribution in [0, 0.1) is 0 Å². The SMILES string of the molecule is CN(C)c1ccc(C2C(c3ccccc3)=C2c2ccccc2)cc1. The lowest BCUT2D eigenvalue weighted by molar-refractivity contribution is 1.12. The van der Waals surface area contributed by atoms with E-state index in [2.05, 4.69) is 104 Å². The van der Waals surface area contributed by atoms with E-state index < -0.39 is 0 Å². The molecule has 3 aromatic carbocycles. The van der Waals surface area contributed by atoms with E-state index in [-0.39, 0.29) is 0 Å². The second-order valence-corrected chi connectivity index (χ2v) is 6.48. The second kappa shape index (κ2) is 6.01. The van der Waals surface area contributed by atoms with Crippen molar-refractivity contribution < 1.29 is 0 Å². The zero-order valence-electron chi connectivity index (χ0n) is 14.1. The first-order chi connectivity index (χ1) is 11.8. The molecule has 0 spiro atoms. The molecule has 118 valence electrons. The molecule has 0 heterocycles. The summed E-state index contributed by atoms with van der Waals surface area (Å²) in [5.41, 5.74) is 8.19. The van der Waals surface area contributed by atoms with Gasteiger partial charge in [-0.25, -0.2) is 0 Å². The fraction of sp³-hybridized carbons (Fsp3) is 0.130. The van der Waals surface area contributed by atoms with Gasteiger partial charge in [0, 0.05) is 25.7 Å². The fourth-order valence-corrected chi connectivity index (χ4v) is 3.40. The standard InChI is InChI=1S/C23H21N/c1-24(2)20-15-13-19(14-16-20)23-21(17-9-5-3-6-10-17)22(23)18-11-7-4-8-12-18/h3-16,23H,1-2H3. The van der Waals surface area contributed by atoms with Crippen LogP contribution in [0.5, 0.6) is 0 Å². The first kappa shape index (κ1) is 14.8. The number of allylic oxidation sites excluding steroid dienone is 2. The first-order valence-electron chi connectivity index (χ1n) is 8.38. The van der Waals surface area contributed by atoms with Crippen LogP contribution in [0.3, 0.4) is 0 Å². The van der Waals surface area contributed by atoms with Crippen LogP contribution in [0.1, 0.15) is 22.6 Å². The Kier molecular flexibility index (Phi) is 3.70. The number of rotatable bonds is 4. The van der Waals surface area contributed by atoms with Gasteiger partial charge in [0.25, 0.3) is 0 Å². The lowest BCUT2D eigenvalue weighted by Gasteiger charge is -2.13. The van der Waals surface area contributed by atoms with Crippen LogP contribution in [0.4, 0.5) is 5.69 Å². The molecule has 24 heavy (non-hydrogen) atoms. The molecule has 0 radical (unpaired) electrons. The topological polar surface area (TPSA) is 3.24 Å². The van der Waals surface area contributed by atoms with Crippen molar-refractivity contribution in [1.29, 1.82) is 0 Å². The largest absolute Gasteiger partial charge is 0.378 e. The molecule has 1 nitrogen and oxygen atoms in total. The molecule has 0 bridgehead atoms. The zero-order valence-corrected chi connectivity index (χ0v) is 14.1. The monoisotopic (exact) mass is 311 g/mol. The van der Waals surface area contributed by atoms with Crippen LogP contribution in [-0.2, 0) is 0 Å². The maximum absolute atomic E-state index is 2.26. The van der Waals surface area contributed by atoms with Crippen molar-refractivity contribution in [2.75, 3.05) is 19.0 Å². The van der Waals surface area contributed by atoms with E-state index in [1.807, 2.05) is 0 Å². The molecule has 0 fully saturated rings. The summed E-state index contributed by atoms with van der Waals surface area (Å²) in [5, 5.41) is 0. The predicted molar refractivity (Wildman–Crippen MR) is 103 cm³/mol. The Labute approximate surface area is 143 Å². The molecule has 4 rings (SSSR count). The second-order valence-electron chi connectivity index (χ2n) is 6.48. The van der Waals surface area contributed by atoms with Crippen molar-refractivity contribution in [2.45, 2.75) is 5.92 Å². The van der Waals surface area contributed by atoms with Crippen LogP contribution >= 0.6 is 0 Å². The normalized spacial score (nSPS) is 13.9. The van der Waals surface area contributed by atoms with Crippen molar-refractivity contribution in [3.8, 4) is 0 Å². The molecular formula is C23H21N. The summed E-state index contributed by atoms with van der Waals surface area (Å²) in [6, 6.07) is 30.4. The average Bonchev–Trinajstić information content (AvgIpc) is 3.39. The number of nitrogens with zero attached hydrogens (tertiary/aromatic N) is 1. The van der Waals surface area contributed by atoms with Gasteiger partial charge in [-0.1, -0.05) is 72.8 Å². The van der Waals surface area contributed by atoms with Crippen LogP contribution in [0.15, 0.2) is 84.9 Å². The van der Waals surface area contributed by atoms with E-state index in [4.69, 9.17) is 0 Å². The molecule has 0 aliphatic heterocycles. The predicted octanol–water partition coefficient (Wildman–Crippen LogP) is 5.46. The quantitative estimate of drug-likeness (QED) is 0.618. The van der Waals surface area contributed by atoms with E-state index in [0.29, 0.717) is 5.92 Å². The van der Waals surface area contributed by atoms with Crippen molar-refractivity contribution >= 4 is 16.8 Å². The van der Waals surface area contributed by atoms with Crippen LogP contribution in [-0.4, -0.2) is 14.1 Å². The summed E-state index contributed by atoms with van der Waals surface area (Å²) in [6.45, 7) is 0. The highest BCUT2D eigenvalue weighted by atomic mass is 15.1. The molecule has 3 aromatic rings. The van der Waals surface area contributed by atoms with Crippen molar-refractivity contribution in [2.24, 2.45) is 0 Å². The molecule has 0 saturated carbocycles. The maximum Gasteiger partial charge on any atom is 0.0361 e. The lowest BCUT2D eigenvalue weighted by atomic mass is 10.0. The van der Waals surface area contributed by atoms with Gasteiger partial charge in [-0.05, 0) is 40.0 Å². The lowest BCUT2D eigenvalue weighted by Crippen LogP contribution is -2.08. The van der Waals surface area contributed by atoms with E-state index >= 15 is 0 Å². The van der Waals surface area contributed by atoms with Gasteiger partial charge < -0.3 is 4.90 Å². The highest BCUT2D eigenvalue weighted by molar-refractivity contribution is 6.14. The summed E-state index contributed by atoms with van der Waals surface area (Å²) in [5.74, 6) is 0.408. The minimum atomic E-state index is 0.408. The van der Waals surface area contributed by atoms with Gasteiger partial charge in [0.2, 0.25) is 0 Å². The molecule has 0 aromatic heterocycles. The molecule has 1 heteroatoms. The van der Waals surface area contributed by atoms with Gasteiger partial charge in [0.05, 0.1) is 0 Å². The van der Waals surface area contributed by atoms with Gasteiger partial charge in [-0.3, -0.25) is 0 Å². The third-order valence-electron chi connectivity index (χ3n) is 4.70. The molecule has 0 saturated heterocycles. The summed E-state index contributed by atoms with van der Waals surface area (Å²) in [7, 11) is 4.16. The molecule has 0 unspecified atom stereocenters. The minimum Gasteiger partial charge on any atom is -0.378 e. The van der Waals surface area contributed by atoms with E-state index in [1.165, 1.54) is 33.5 Å². The molecular weight excluding hydrogens is 290 g/mol. The minimum absolute atomic E-state index is 0.408. The summed E-state index contributed by atoms with van der Waals surface area (Å²) in [6.07, 6.45) is 0. The van der Waals surface area contributed by atoms with Crippen LogP contribution < -0.4 is 4.90 Å². The average molecular weight is 311 g/mol. The highest BCUT2D eigenvalue weighted by Crippen LogP contribution is 2.59. The van der Waals surface area contributed by atoms with Gasteiger partial charge >= 0.3 is 0 Å². The van der Waals surface area contributed by atoms with Crippen LogP contribution in [0.2, 0.25) is 0 Å². The van der Waals surface area contributed by atoms with Gasteiger partial charge in [-0.2, -0.15) is 0 Å². The van der Waals surface area contributed by atoms with Gasteiger partial charge in [0.15, 0.2) is 0 Å². The smallest absolute Gasteiger partial charge is 0.0361 e. The van der Waals surface area contributed by atoms with Crippen molar-refractivity contribution in [3.05, 3.63) is 102 Å². The molecule has 0 atom stereocenters. The maximum atomic E-state index is 2.26. The van der Waals surface area contributed by atoms with Gasteiger partial charge in [-0.15, -0.1) is 0 Å². The molecule has 1 aliphatic rings. The number of hydrogen-bond donors (Lipinski definition) is 0. The summed E-state index contributed by atoms with van der Waals surface area (Å²) in [4.78, 5) is 2.14. The Bertz CT molecular complexity index is 809. The zero-order chi connectivity index (χ0) is 16.5. The Morgan fingerprint density at radius 2 is 1.04 bits per heavy atom. The van der Waals surface area contributed by atoms with E-state index in [9.17, 15) is 0 Å². The molecule has 0 N–H and O–H groups in total. The van der Waals surface area contributed by atoms with Crippen molar-refractivity contribution in [3.63, 3.8) is 0 Å². The number of hydrogen-bond acceptors (Lipinski definition) is 1. The summed E-state index contributed by atoms with van der Waals surface area (Å²) < 4.78 is 0. The third kappa shape index (κ3) is 2.63. The Morgan fingerprint density at radius 1 is 0.583 bits per heavy atom. The molecule has 1 aliphatic carbocycles.